The lowest BCUT2D eigenvalue weighted by molar-refractivity contribution is -0.0881. The molecule has 94 valence electrons. The van der Waals surface area contributed by atoms with Gasteiger partial charge in [0.1, 0.15) is 0 Å². The largest absolute Gasteiger partial charge is 0.377 e. The molecule has 0 spiro atoms. The molecule has 1 saturated carbocycles. The first-order valence-corrected chi connectivity index (χ1v) is 7.19. The van der Waals surface area contributed by atoms with Crippen LogP contribution >= 0.6 is 0 Å². The van der Waals surface area contributed by atoms with E-state index in [0.29, 0.717) is 12.0 Å². The van der Waals surface area contributed by atoms with Crippen molar-refractivity contribution >= 4 is 0 Å². The highest BCUT2D eigenvalue weighted by Gasteiger charge is 2.40. The Morgan fingerprint density at radius 3 is 3.06 bits per heavy atom. The van der Waals surface area contributed by atoms with Crippen LogP contribution < -0.4 is 0 Å². The molecule has 0 aromatic rings. The summed E-state index contributed by atoms with van der Waals surface area (Å²) < 4.78 is 6.22. The van der Waals surface area contributed by atoms with Crippen molar-refractivity contribution in [2.75, 3.05) is 6.61 Å². The second-order valence-electron chi connectivity index (χ2n) is 6.30. The number of rotatable bonds is 1. The molecule has 17 heavy (non-hydrogen) atoms. The van der Waals surface area contributed by atoms with Crippen molar-refractivity contribution in [3.63, 3.8) is 0 Å². The Bertz CT molecular complexity index is 341. The smallest absolute Gasteiger partial charge is 0.0671 e. The van der Waals surface area contributed by atoms with Gasteiger partial charge in [0.2, 0.25) is 0 Å². The molecule has 3 rings (SSSR count). The predicted molar refractivity (Wildman–Crippen MR) is 70.8 cm³/mol. The molecule has 0 N–H and O–H groups in total. The predicted octanol–water partition coefficient (Wildman–Crippen LogP) is 4.10. The minimum Gasteiger partial charge on any atom is -0.377 e. The molecule has 1 heteroatoms. The summed E-state index contributed by atoms with van der Waals surface area (Å²) in [6.07, 6.45) is 10.6. The van der Waals surface area contributed by atoms with Crippen molar-refractivity contribution in [3.05, 3.63) is 23.8 Å². The van der Waals surface area contributed by atoms with Gasteiger partial charge in [-0.05, 0) is 57.3 Å². The van der Waals surface area contributed by atoms with Crippen LogP contribution in [0.2, 0.25) is 0 Å². The summed E-state index contributed by atoms with van der Waals surface area (Å²) in [6, 6.07) is 0. The number of allylic oxidation sites excluding steroid dienone is 2. The summed E-state index contributed by atoms with van der Waals surface area (Å²) in [5.74, 6) is 2.24. The van der Waals surface area contributed by atoms with E-state index >= 15 is 0 Å². The van der Waals surface area contributed by atoms with Crippen LogP contribution in [0.1, 0.15) is 45.4 Å². The molecule has 3 aliphatic rings. The third-order valence-electron chi connectivity index (χ3n) is 4.99. The van der Waals surface area contributed by atoms with E-state index < -0.39 is 0 Å². The molecule has 0 amide bonds. The van der Waals surface area contributed by atoms with Crippen molar-refractivity contribution in [3.8, 4) is 0 Å². The molecule has 1 saturated heterocycles. The van der Waals surface area contributed by atoms with Crippen molar-refractivity contribution < 1.29 is 4.74 Å². The van der Waals surface area contributed by atoms with Gasteiger partial charge in [0.05, 0.1) is 6.10 Å². The lowest BCUT2D eigenvalue weighted by atomic mass is 9.69. The zero-order chi connectivity index (χ0) is 11.8. The van der Waals surface area contributed by atoms with Gasteiger partial charge < -0.3 is 4.74 Å². The maximum atomic E-state index is 6.22. The van der Waals surface area contributed by atoms with E-state index in [-0.39, 0.29) is 0 Å². The van der Waals surface area contributed by atoms with E-state index in [0.717, 1.165) is 18.4 Å². The Hall–Kier alpha value is -0.560. The fraction of sp³-hybridized carbons (Fsp3) is 0.750. The Kier molecular flexibility index (Phi) is 3.12. The van der Waals surface area contributed by atoms with E-state index in [1.807, 2.05) is 0 Å². The molecule has 2 fully saturated rings. The molecule has 0 radical (unpaired) electrons. The highest BCUT2D eigenvalue weighted by atomic mass is 16.5. The van der Waals surface area contributed by atoms with Gasteiger partial charge in [0.25, 0.3) is 0 Å². The van der Waals surface area contributed by atoms with Crippen LogP contribution in [0.5, 0.6) is 0 Å². The van der Waals surface area contributed by atoms with Gasteiger partial charge in [-0.15, -0.1) is 0 Å². The molecule has 0 unspecified atom stereocenters. The molecule has 0 aromatic heterocycles. The van der Waals surface area contributed by atoms with E-state index in [4.69, 9.17) is 4.74 Å². The summed E-state index contributed by atoms with van der Waals surface area (Å²) in [6.45, 7) is 7.58. The van der Waals surface area contributed by atoms with E-state index in [9.17, 15) is 0 Å². The molecule has 0 aromatic carbocycles. The topological polar surface area (TPSA) is 9.23 Å². The zero-order valence-electron chi connectivity index (χ0n) is 11.0. The summed E-state index contributed by atoms with van der Waals surface area (Å²) in [4.78, 5) is 0. The van der Waals surface area contributed by atoms with Crippen LogP contribution in [-0.4, -0.2) is 12.7 Å². The van der Waals surface area contributed by atoms with Crippen LogP contribution in [0, 0.1) is 17.8 Å². The molecule has 4 atom stereocenters. The molecule has 2 bridgehead atoms. The normalized spacial score (nSPS) is 42.2. The van der Waals surface area contributed by atoms with Crippen LogP contribution in [0.15, 0.2) is 23.8 Å². The van der Waals surface area contributed by atoms with Crippen LogP contribution in [-0.2, 0) is 4.74 Å². The van der Waals surface area contributed by atoms with E-state index in [2.05, 4.69) is 19.6 Å². The Balaban J connectivity index is 1.74. The lowest BCUT2D eigenvalue weighted by Crippen LogP contribution is -2.43. The fourth-order valence-electron chi connectivity index (χ4n) is 3.99. The Labute approximate surface area is 105 Å². The quantitative estimate of drug-likeness (QED) is 0.618. The molecular weight excluding hydrogens is 208 g/mol. The third-order valence-corrected chi connectivity index (χ3v) is 4.99. The van der Waals surface area contributed by atoms with Crippen LogP contribution in [0.25, 0.3) is 0 Å². The average Bonchev–Trinajstić information content (AvgIpc) is 2.34. The monoisotopic (exact) mass is 232 g/mol. The minimum absolute atomic E-state index is 0.475. The zero-order valence-corrected chi connectivity index (χ0v) is 11.0. The first-order chi connectivity index (χ1) is 8.24. The first kappa shape index (κ1) is 11.5. The van der Waals surface area contributed by atoms with Gasteiger partial charge in [-0.1, -0.05) is 23.8 Å². The highest BCUT2D eigenvalue weighted by molar-refractivity contribution is 5.13. The number of hydrogen-bond acceptors (Lipinski definition) is 1. The standard InChI is InChI=1S/C16H24O/c1-11-4-3-5-14(8-11)16-15-9-13(10-17-16)7-6-12(15)2/h4,13-16H,2-3,5-10H2,1H3/t13-,14-,15-,16-/m0/s1. The van der Waals surface area contributed by atoms with E-state index in [1.54, 1.807) is 5.57 Å². The molecule has 1 nitrogen and oxygen atoms in total. The van der Waals surface area contributed by atoms with Gasteiger partial charge in [0, 0.05) is 12.5 Å². The van der Waals surface area contributed by atoms with Crippen LogP contribution in [0.4, 0.5) is 0 Å². The first-order valence-electron chi connectivity index (χ1n) is 7.19. The van der Waals surface area contributed by atoms with Gasteiger partial charge >= 0.3 is 0 Å². The number of ether oxygens (including phenoxy) is 1. The number of fused-ring (bicyclic) bond motifs is 2. The second-order valence-corrected chi connectivity index (χ2v) is 6.30. The van der Waals surface area contributed by atoms with Gasteiger partial charge in [0.15, 0.2) is 0 Å². The summed E-state index contributed by atoms with van der Waals surface area (Å²) >= 11 is 0. The van der Waals surface area contributed by atoms with Crippen molar-refractivity contribution in [1.29, 1.82) is 0 Å². The van der Waals surface area contributed by atoms with Crippen molar-refractivity contribution in [2.45, 2.75) is 51.6 Å². The van der Waals surface area contributed by atoms with Crippen molar-refractivity contribution in [1.82, 2.24) is 0 Å². The summed E-state index contributed by atoms with van der Waals surface area (Å²) in [7, 11) is 0. The average molecular weight is 232 g/mol. The summed E-state index contributed by atoms with van der Waals surface area (Å²) in [5.41, 5.74) is 3.03. The Morgan fingerprint density at radius 2 is 2.24 bits per heavy atom. The fourth-order valence-corrected chi connectivity index (χ4v) is 3.99. The summed E-state index contributed by atoms with van der Waals surface area (Å²) in [5, 5.41) is 0. The SMILES string of the molecule is C=C1CC[C@@H]2CO[C@@H]([C@H]3CCC=C(C)C3)[C@H]1C2. The molecule has 2 aliphatic carbocycles. The van der Waals surface area contributed by atoms with Gasteiger partial charge in [-0.2, -0.15) is 0 Å². The number of hydrogen-bond donors (Lipinski definition) is 0. The van der Waals surface area contributed by atoms with E-state index in [1.165, 1.54) is 44.1 Å². The van der Waals surface area contributed by atoms with Crippen molar-refractivity contribution in [2.24, 2.45) is 17.8 Å². The highest BCUT2D eigenvalue weighted by Crippen LogP contribution is 2.44. The molecular formula is C16H24O. The van der Waals surface area contributed by atoms with Crippen LogP contribution in [0.3, 0.4) is 0 Å². The maximum Gasteiger partial charge on any atom is 0.0671 e. The minimum atomic E-state index is 0.475. The molecule has 1 aliphatic heterocycles. The second kappa shape index (κ2) is 4.61. The van der Waals surface area contributed by atoms with Gasteiger partial charge in [-0.25, -0.2) is 0 Å². The third kappa shape index (κ3) is 2.22. The Morgan fingerprint density at radius 1 is 1.35 bits per heavy atom. The lowest BCUT2D eigenvalue weighted by Gasteiger charge is -2.45. The molecule has 1 heterocycles. The maximum absolute atomic E-state index is 6.22. The van der Waals surface area contributed by atoms with Gasteiger partial charge in [-0.3, -0.25) is 0 Å².